The number of anilines is 1. The molecule has 0 aromatic carbocycles. The van der Waals surface area contributed by atoms with E-state index in [1.807, 2.05) is 12.4 Å². The Morgan fingerprint density at radius 2 is 2.00 bits per heavy atom. The summed E-state index contributed by atoms with van der Waals surface area (Å²) < 4.78 is 7.74. The zero-order chi connectivity index (χ0) is 18.6. The van der Waals surface area contributed by atoms with E-state index in [2.05, 4.69) is 51.5 Å². The maximum absolute atomic E-state index is 5.43. The van der Waals surface area contributed by atoms with Gasteiger partial charge in [0.25, 0.3) is 0 Å². The molecule has 27 heavy (non-hydrogen) atoms. The molecule has 6 heteroatoms. The number of pyridine rings is 1. The molecule has 0 radical (unpaired) electrons. The van der Waals surface area contributed by atoms with E-state index in [1.165, 1.54) is 24.2 Å². The van der Waals surface area contributed by atoms with E-state index in [4.69, 9.17) is 9.72 Å². The Kier molecular flexibility index (Phi) is 5.74. The molecule has 4 heterocycles. The first-order valence-electron chi connectivity index (χ1n) is 10.2. The van der Waals surface area contributed by atoms with E-state index >= 15 is 0 Å². The molecule has 1 atom stereocenters. The fourth-order valence-electron chi connectivity index (χ4n) is 4.19. The van der Waals surface area contributed by atoms with Crippen molar-refractivity contribution in [3.8, 4) is 0 Å². The van der Waals surface area contributed by atoms with Gasteiger partial charge in [-0.1, -0.05) is 6.07 Å². The molecule has 2 aliphatic heterocycles. The Labute approximate surface area is 162 Å². The minimum absolute atomic E-state index is 0.454. The molecule has 0 amide bonds. The molecule has 0 N–H and O–H groups in total. The highest BCUT2D eigenvalue weighted by molar-refractivity contribution is 5.40. The zero-order valence-electron chi connectivity index (χ0n) is 16.5. The fraction of sp³-hybridized carbons (Fsp3) is 0.619. The lowest BCUT2D eigenvalue weighted by Crippen LogP contribution is -2.36. The lowest BCUT2D eigenvalue weighted by Gasteiger charge is -2.34. The monoisotopic (exact) mass is 369 g/mol. The SMILES string of the molecule is CC(C)n1ccnc1[C@@H]1CCCN(c2ccc(CN3CCOCC3)cn2)C1. The van der Waals surface area contributed by atoms with E-state index in [9.17, 15) is 0 Å². The molecule has 2 aliphatic rings. The van der Waals surface area contributed by atoms with Crippen LogP contribution in [-0.2, 0) is 11.3 Å². The molecule has 0 aliphatic carbocycles. The van der Waals surface area contributed by atoms with Gasteiger partial charge in [0.15, 0.2) is 0 Å². The highest BCUT2D eigenvalue weighted by Crippen LogP contribution is 2.29. The van der Waals surface area contributed by atoms with Gasteiger partial charge >= 0.3 is 0 Å². The van der Waals surface area contributed by atoms with E-state index in [-0.39, 0.29) is 0 Å². The summed E-state index contributed by atoms with van der Waals surface area (Å²) in [5, 5.41) is 0. The summed E-state index contributed by atoms with van der Waals surface area (Å²) in [7, 11) is 0. The molecule has 2 fully saturated rings. The molecular weight excluding hydrogens is 338 g/mol. The average Bonchev–Trinajstić information content (AvgIpc) is 3.20. The number of rotatable bonds is 5. The predicted octanol–water partition coefficient (Wildman–Crippen LogP) is 3.08. The van der Waals surface area contributed by atoms with Crippen molar-refractivity contribution in [1.29, 1.82) is 0 Å². The van der Waals surface area contributed by atoms with E-state index in [1.54, 1.807) is 0 Å². The van der Waals surface area contributed by atoms with Gasteiger partial charge in [0.1, 0.15) is 11.6 Å². The van der Waals surface area contributed by atoms with Gasteiger partial charge in [-0.15, -0.1) is 0 Å². The Morgan fingerprint density at radius 3 is 2.74 bits per heavy atom. The van der Waals surface area contributed by atoms with Crippen molar-refractivity contribution in [2.45, 2.75) is 45.2 Å². The third kappa shape index (κ3) is 4.33. The van der Waals surface area contributed by atoms with Crippen LogP contribution in [0.25, 0.3) is 0 Å². The van der Waals surface area contributed by atoms with Crippen molar-refractivity contribution >= 4 is 5.82 Å². The summed E-state index contributed by atoms with van der Waals surface area (Å²) in [6, 6.07) is 4.87. The smallest absolute Gasteiger partial charge is 0.128 e. The second-order valence-electron chi connectivity index (χ2n) is 7.98. The number of ether oxygens (including phenoxy) is 1. The van der Waals surface area contributed by atoms with Gasteiger partial charge in [0.05, 0.1) is 13.2 Å². The molecule has 0 spiro atoms. The first-order valence-corrected chi connectivity index (χ1v) is 10.2. The molecular formula is C21H31N5O. The largest absolute Gasteiger partial charge is 0.379 e. The van der Waals surface area contributed by atoms with Crippen LogP contribution in [0.3, 0.4) is 0 Å². The first-order chi connectivity index (χ1) is 13.2. The molecule has 6 nitrogen and oxygen atoms in total. The van der Waals surface area contributed by atoms with E-state index in [0.29, 0.717) is 12.0 Å². The Balaban J connectivity index is 1.41. The number of piperidine rings is 1. The summed E-state index contributed by atoms with van der Waals surface area (Å²) in [5.41, 5.74) is 1.28. The fourth-order valence-corrected chi connectivity index (χ4v) is 4.19. The van der Waals surface area contributed by atoms with Crippen LogP contribution in [0.4, 0.5) is 5.82 Å². The summed E-state index contributed by atoms with van der Waals surface area (Å²) in [4.78, 5) is 14.3. The number of hydrogen-bond donors (Lipinski definition) is 0. The van der Waals surface area contributed by atoms with E-state index in [0.717, 1.165) is 51.8 Å². The minimum atomic E-state index is 0.454. The number of imidazole rings is 1. The van der Waals surface area contributed by atoms with Gasteiger partial charge in [-0.3, -0.25) is 4.90 Å². The summed E-state index contributed by atoms with van der Waals surface area (Å²) in [6.45, 7) is 11.2. The van der Waals surface area contributed by atoms with Crippen LogP contribution in [0.15, 0.2) is 30.7 Å². The van der Waals surface area contributed by atoms with Crippen molar-refractivity contribution in [1.82, 2.24) is 19.4 Å². The molecule has 2 aromatic heterocycles. The third-order valence-electron chi connectivity index (χ3n) is 5.68. The molecule has 146 valence electrons. The van der Waals surface area contributed by atoms with Gasteiger partial charge in [0, 0.05) is 63.3 Å². The summed E-state index contributed by atoms with van der Waals surface area (Å²) in [5.74, 6) is 2.79. The second-order valence-corrected chi connectivity index (χ2v) is 7.98. The van der Waals surface area contributed by atoms with Gasteiger partial charge in [0.2, 0.25) is 0 Å². The number of hydrogen-bond acceptors (Lipinski definition) is 5. The Bertz CT molecular complexity index is 720. The lowest BCUT2D eigenvalue weighted by atomic mass is 9.97. The standard InChI is InChI=1S/C21H31N5O/c1-17(2)26-9-7-22-21(26)19-4-3-8-25(16-19)20-6-5-18(14-23-20)15-24-10-12-27-13-11-24/h5-7,9,14,17,19H,3-4,8,10-13,15-16H2,1-2H3/t19-/m1/s1. The summed E-state index contributed by atoms with van der Waals surface area (Å²) in [6.07, 6.45) is 8.48. The first kappa shape index (κ1) is 18.4. The number of morpholine rings is 1. The van der Waals surface area contributed by atoms with Crippen molar-refractivity contribution in [3.05, 3.63) is 42.1 Å². The van der Waals surface area contributed by atoms with Crippen molar-refractivity contribution in [3.63, 3.8) is 0 Å². The Hall–Kier alpha value is -1.92. The molecule has 0 saturated carbocycles. The minimum Gasteiger partial charge on any atom is -0.379 e. The van der Waals surface area contributed by atoms with Crippen LogP contribution in [0, 0.1) is 0 Å². The van der Waals surface area contributed by atoms with Crippen LogP contribution in [0.2, 0.25) is 0 Å². The maximum Gasteiger partial charge on any atom is 0.128 e. The van der Waals surface area contributed by atoms with Crippen molar-refractivity contribution < 1.29 is 4.74 Å². The van der Waals surface area contributed by atoms with Gasteiger partial charge in [-0.2, -0.15) is 0 Å². The molecule has 0 unspecified atom stereocenters. The van der Waals surface area contributed by atoms with Crippen molar-refractivity contribution in [2.75, 3.05) is 44.3 Å². The highest BCUT2D eigenvalue weighted by atomic mass is 16.5. The molecule has 2 aromatic rings. The molecule has 2 saturated heterocycles. The topological polar surface area (TPSA) is 46.4 Å². The Morgan fingerprint density at radius 1 is 1.15 bits per heavy atom. The van der Waals surface area contributed by atoms with Crippen LogP contribution in [-0.4, -0.2) is 58.8 Å². The van der Waals surface area contributed by atoms with Gasteiger partial charge in [-0.05, 0) is 38.3 Å². The zero-order valence-corrected chi connectivity index (χ0v) is 16.5. The quantitative estimate of drug-likeness (QED) is 0.811. The maximum atomic E-state index is 5.43. The third-order valence-corrected chi connectivity index (χ3v) is 5.68. The van der Waals surface area contributed by atoms with Crippen molar-refractivity contribution in [2.24, 2.45) is 0 Å². The molecule has 4 rings (SSSR count). The van der Waals surface area contributed by atoms with Crippen LogP contribution in [0.1, 0.15) is 50.0 Å². The van der Waals surface area contributed by atoms with Gasteiger partial charge < -0.3 is 14.2 Å². The number of nitrogens with zero attached hydrogens (tertiary/aromatic N) is 5. The second kappa shape index (κ2) is 8.40. The number of aromatic nitrogens is 3. The average molecular weight is 370 g/mol. The highest BCUT2D eigenvalue weighted by Gasteiger charge is 2.26. The molecule has 0 bridgehead atoms. The van der Waals surface area contributed by atoms with E-state index < -0.39 is 0 Å². The predicted molar refractivity (Wildman–Crippen MR) is 107 cm³/mol. The van der Waals surface area contributed by atoms with Gasteiger partial charge in [-0.25, -0.2) is 9.97 Å². The van der Waals surface area contributed by atoms with Crippen LogP contribution < -0.4 is 4.90 Å². The summed E-state index contributed by atoms with van der Waals surface area (Å²) >= 11 is 0. The normalized spacial score (nSPS) is 21.7. The lowest BCUT2D eigenvalue weighted by molar-refractivity contribution is 0.0341. The van der Waals surface area contributed by atoms with Crippen LogP contribution >= 0.6 is 0 Å². The van der Waals surface area contributed by atoms with Crippen LogP contribution in [0.5, 0.6) is 0 Å².